The maximum atomic E-state index is 5.22. The van der Waals surface area contributed by atoms with Crippen molar-refractivity contribution >= 4 is 77.2 Å². The number of para-hydroxylation sites is 3. The molecule has 0 saturated heterocycles. The average molecular weight is 762 g/mol. The van der Waals surface area contributed by atoms with Gasteiger partial charge < -0.3 is 9.80 Å². The zero-order chi connectivity index (χ0) is 38.8. The summed E-state index contributed by atoms with van der Waals surface area (Å²) in [6.07, 6.45) is 0. The first kappa shape index (κ1) is 34.3. The van der Waals surface area contributed by atoms with Crippen molar-refractivity contribution in [3.63, 3.8) is 0 Å². The molecule has 1 aliphatic rings. The van der Waals surface area contributed by atoms with Gasteiger partial charge in [0.1, 0.15) is 5.01 Å². The summed E-state index contributed by atoms with van der Waals surface area (Å²) in [6, 6.07) is 72.1. The van der Waals surface area contributed by atoms with Gasteiger partial charge in [-0.2, -0.15) is 0 Å². The molecule has 1 aromatic heterocycles. The molecule has 0 unspecified atom stereocenters. The highest BCUT2D eigenvalue weighted by Crippen LogP contribution is 2.53. The molecule has 0 saturated carbocycles. The molecule has 0 bridgehead atoms. The molecule has 0 spiro atoms. The standard InChI is InChI=1S/C54H39N3S/c1-54(2)49-34-38-16-13-12-15-37(38)33-48(49)46-29-30-47-45(51(46)54)31-32-50-52(47)58-53(55-50)36-25-27-42(28-26-36)57(41-21-10-5-11-22-41)44-24-14-23-43(35-44)56(39-17-6-3-7-18-39)40-19-8-4-9-20-40/h3-35H,1-2H3. The molecule has 3 nitrogen and oxygen atoms in total. The van der Waals surface area contributed by atoms with Crippen LogP contribution in [0, 0.1) is 0 Å². The molecule has 10 aromatic rings. The van der Waals surface area contributed by atoms with Gasteiger partial charge in [-0.1, -0.05) is 117 Å². The van der Waals surface area contributed by atoms with Gasteiger partial charge in [0.25, 0.3) is 0 Å². The lowest BCUT2D eigenvalue weighted by molar-refractivity contribution is 0.667. The normalized spacial score (nSPS) is 12.8. The summed E-state index contributed by atoms with van der Waals surface area (Å²) in [6.45, 7) is 4.76. The number of fused-ring (bicyclic) bond motifs is 8. The fraction of sp³-hybridized carbons (Fsp3) is 0.0556. The third-order valence-corrected chi connectivity index (χ3v) is 12.9. The van der Waals surface area contributed by atoms with E-state index >= 15 is 0 Å². The fourth-order valence-corrected chi connectivity index (χ4v) is 10.2. The monoisotopic (exact) mass is 761 g/mol. The molecule has 0 amide bonds. The van der Waals surface area contributed by atoms with Crippen LogP contribution in [-0.4, -0.2) is 4.98 Å². The maximum absolute atomic E-state index is 5.22. The topological polar surface area (TPSA) is 19.4 Å². The molecule has 1 aliphatic carbocycles. The van der Waals surface area contributed by atoms with Crippen molar-refractivity contribution < 1.29 is 0 Å². The summed E-state index contributed by atoms with van der Waals surface area (Å²) >= 11 is 1.79. The molecule has 9 aromatic carbocycles. The van der Waals surface area contributed by atoms with Crippen LogP contribution in [0.2, 0.25) is 0 Å². The van der Waals surface area contributed by atoms with Gasteiger partial charge in [0.15, 0.2) is 0 Å². The molecule has 1 heterocycles. The Hall–Kier alpha value is -7.01. The van der Waals surface area contributed by atoms with Crippen molar-refractivity contribution in [3.8, 4) is 21.7 Å². The smallest absolute Gasteiger partial charge is 0.124 e. The van der Waals surface area contributed by atoms with Crippen molar-refractivity contribution in [1.29, 1.82) is 0 Å². The van der Waals surface area contributed by atoms with E-state index in [9.17, 15) is 0 Å². The molecule has 276 valence electrons. The molecular formula is C54H39N3S. The van der Waals surface area contributed by atoms with Gasteiger partial charge in [0.2, 0.25) is 0 Å². The van der Waals surface area contributed by atoms with E-state index in [-0.39, 0.29) is 5.41 Å². The summed E-state index contributed by atoms with van der Waals surface area (Å²) in [5.74, 6) is 0. The van der Waals surface area contributed by atoms with Crippen LogP contribution < -0.4 is 9.80 Å². The van der Waals surface area contributed by atoms with E-state index in [4.69, 9.17) is 4.98 Å². The molecule has 0 aliphatic heterocycles. The molecule has 4 heteroatoms. The number of hydrogen-bond acceptors (Lipinski definition) is 4. The molecule has 0 N–H and O–H groups in total. The molecular weight excluding hydrogens is 723 g/mol. The minimum Gasteiger partial charge on any atom is -0.310 e. The number of nitrogens with zero attached hydrogens (tertiary/aromatic N) is 3. The van der Waals surface area contributed by atoms with Crippen LogP contribution >= 0.6 is 11.3 Å². The minimum absolute atomic E-state index is 0.114. The van der Waals surface area contributed by atoms with Gasteiger partial charge in [-0.3, -0.25) is 0 Å². The summed E-state index contributed by atoms with van der Waals surface area (Å²) < 4.78 is 1.24. The molecule has 0 fully saturated rings. The van der Waals surface area contributed by atoms with E-state index in [0.29, 0.717) is 0 Å². The van der Waals surface area contributed by atoms with Crippen LogP contribution in [0.1, 0.15) is 25.0 Å². The zero-order valence-electron chi connectivity index (χ0n) is 32.3. The van der Waals surface area contributed by atoms with Gasteiger partial charge >= 0.3 is 0 Å². The van der Waals surface area contributed by atoms with E-state index in [1.165, 1.54) is 48.5 Å². The summed E-state index contributed by atoms with van der Waals surface area (Å²) in [5.41, 5.74) is 14.1. The number of anilines is 6. The predicted molar refractivity (Wildman–Crippen MR) is 247 cm³/mol. The minimum atomic E-state index is -0.114. The van der Waals surface area contributed by atoms with Crippen molar-refractivity contribution in [3.05, 3.63) is 211 Å². The Morgan fingerprint density at radius 3 is 1.55 bits per heavy atom. The predicted octanol–water partition coefficient (Wildman–Crippen LogP) is 15.5. The van der Waals surface area contributed by atoms with Crippen LogP contribution in [0.3, 0.4) is 0 Å². The third-order valence-electron chi connectivity index (χ3n) is 11.8. The lowest BCUT2D eigenvalue weighted by atomic mass is 9.80. The second-order valence-electron chi connectivity index (χ2n) is 15.6. The fourth-order valence-electron chi connectivity index (χ4n) is 9.08. The highest BCUT2D eigenvalue weighted by atomic mass is 32.1. The van der Waals surface area contributed by atoms with E-state index in [2.05, 4.69) is 224 Å². The van der Waals surface area contributed by atoms with Crippen molar-refractivity contribution in [1.82, 2.24) is 4.98 Å². The first-order valence-corrected chi connectivity index (χ1v) is 20.7. The lowest BCUT2D eigenvalue weighted by Crippen LogP contribution is -2.15. The number of hydrogen-bond donors (Lipinski definition) is 0. The Morgan fingerprint density at radius 2 is 0.948 bits per heavy atom. The first-order chi connectivity index (χ1) is 28.5. The second-order valence-corrected chi connectivity index (χ2v) is 16.6. The maximum Gasteiger partial charge on any atom is 0.124 e. The Bertz CT molecular complexity index is 3090. The third kappa shape index (κ3) is 5.60. The van der Waals surface area contributed by atoms with Crippen LogP contribution in [0.25, 0.3) is 53.5 Å². The number of thiazole rings is 1. The summed E-state index contributed by atoms with van der Waals surface area (Å²) in [5, 5.41) is 6.21. The van der Waals surface area contributed by atoms with E-state index in [1.54, 1.807) is 11.3 Å². The Balaban J connectivity index is 0.971. The van der Waals surface area contributed by atoms with Crippen LogP contribution in [0.5, 0.6) is 0 Å². The van der Waals surface area contributed by atoms with Crippen molar-refractivity contribution in [2.45, 2.75) is 19.3 Å². The largest absolute Gasteiger partial charge is 0.310 e. The SMILES string of the molecule is CC1(C)c2cc3ccccc3cc2-c2ccc3c(ccc4nc(-c5ccc(N(c6ccccc6)c6cccc(N(c7ccccc7)c7ccccc7)c6)cc5)sc43)c21. The molecule has 0 atom stereocenters. The Kier molecular flexibility index (Phi) is 8.02. The number of rotatable bonds is 7. The van der Waals surface area contributed by atoms with Gasteiger partial charge in [-0.25, -0.2) is 4.98 Å². The second kappa shape index (κ2) is 13.6. The molecule has 58 heavy (non-hydrogen) atoms. The lowest BCUT2D eigenvalue weighted by Gasteiger charge is -2.29. The first-order valence-electron chi connectivity index (χ1n) is 19.9. The van der Waals surface area contributed by atoms with Crippen molar-refractivity contribution in [2.24, 2.45) is 0 Å². The number of benzene rings is 9. The number of aromatic nitrogens is 1. The molecule has 0 radical (unpaired) electrons. The zero-order valence-corrected chi connectivity index (χ0v) is 33.1. The average Bonchev–Trinajstić information content (AvgIpc) is 3.81. The Morgan fingerprint density at radius 1 is 0.431 bits per heavy atom. The van der Waals surface area contributed by atoms with Crippen LogP contribution in [0.4, 0.5) is 34.1 Å². The van der Waals surface area contributed by atoms with E-state index < -0.39 is 0 Å². The van der Waals surface area contributed by atoms with Gasteiger partial charge in [-0.15, -0.1) is 11.3 Å². The van der Waals surface area contributed by atoms with E-state index in [0.717, 1.165) is 50.2 Å². The van der Waals surface area contributed by atoms with Crippen molar-refractivity contribution in [2.75, 3.05) is 9.80 Å². The summed E-state index contributed by atoms with van der Waals surface area (Å²) in [7, 11) is 0. The quantitative estimate of drug-likeness (QED) is 0.161. The van der Waals surface area contributed by atoms with Gasteiger partial charge in [0, 0.05) is 50.5 Å². The molecule has 11 rings (SSSR count). The van der Waals surface area contributed by atoms with Crippen LogP contribution in [-0.2, 0) is 5.41 Å². The van der Waals surface area contributed by atoms with E-state index in [1.807, 2.05) is 0 Å². The highest BCUT2D eigenvalue weighted by Gasteiger charge is 2.37. The summed E-state index contributed by atoms with van der Waals surface area (Å²) in [4.78, 5) is 9.86. The van der Waals surface area contributed by atoms with Gasteiger partial charge in [0.05, 0.1) is 10.2 Å². The van der Waals surface area contributed by atoms with Crippen LogP contribution in [0.15, 0.2) is 200 Å². The highest BCUT2D eigenvalue weighted by molar-refractivity contribution is 7.22. The Labute approximate surface area is 342 Å². The van der Waals surface area contributed by atoms with Gasteiger partial charge in [-0.05, 0) is 135 Å².